The molecule has 0 fully saturated rings. The summed E-state index contributed by atoms with van der Waals surface area (Å²) in [5.74, 6) is 0. The van der Waals surface area contributed by atoms with Crippen molar-refractivity contribution in [1.82, 2.24) is 15.0 Å². The monoisotopic (exact) mass is 279 g/mol. The molecule has 0 unspecified atom stereocenters. The van der Waals surface area contributed by atoms with Crippen molar-refractivity contribution >= 4 is 0 Å². The third kappa shape index (κ3) is 2.45. The van der Waals surface area contributed by atoms with Gasteiger partial charge in [-0.1, -0.05) is 53.2 Å². The van der Waals surface area contributed by atoms with Crippen molar-refractivity contribution in [2.75, 3.05) is 0 Å². The summed E-state index contributed by atoms with van der Waals surface area (Å²) < 4.78 is 1.80. The quantitative estimate of drug-likeness (QED) is 0.801. The number of aryl methyl sites for hydroxylation is 2. The lowest BCUT2D eigenvalue weighted by atomic mass is 10.1. The molecule has 0 amide bonds. The Kier molecular flexibility index (Phi) is 3.54. The number of aromatic nitrogens is 3. The first-order chi connectivity index (χ1) is 10.2. The van der Waals surface area contributed by atoms with E-state index in [0.29, 0.717) is 5.69 Å². The van der Waals surface area contributed by atoms with Crippen LogP contribution in [0.25, 0.3) is 16.9 Å². The summed E-state index contributed by atoms with van der Waals surface area (Å²) in [7, 11) is 0. The molecule has 0 spiro atoms. The molecule has 21 heavy (non-hydrogen) atoms. The van der Waals surface area contributed by atoms with Gasteiger partial charge in [-0.3, -0.25) is 0 Å². The Bertz CT molecular complexity index is 760. The van der Waals surface area contributed by atoms with Gasteiger partial charge in [0.05, 0.1) is 12.3 Å². The maximum atomic E-state index is 9.55. The Morgan fingerprint density at radius 2 is 1.71 bits per heavy atom. The number of rotatable bonds is 3. The van der Waals surface area contributed by atoms with Gasteiger partial charge in [-0.2, -0.15) is 0 Å². The van der Waals surface area contributed by atoms with Gasteiger partial charge in [0.2, 0.25) is 0 Å². The number of aliphatic hydroxyl groups is 1. The molecular formula is C17H17N3O. The normalized spacial score (nSPS) is 10.8. The van der Waals surface area contributed by atoms with Crippen LogP contribution < -0.4 is 0 Å². The second kappa shape index (κ2) is 5.50. The van der Waals surface area contributed by atoms with Crippen molar-refractivity contribution in [1.29, 1.82) is 0 Å². The number of aliphatic hydroxyl groups excluding tert-OH is 1. The van der Waals surface area contributed by atoms with Gasteiger partial charge in [-0.15, -0.1) is 5.10 Å². The number of hydrogen-bond donors (Lipinski definition) is 1. The maximum absolute atomic E-state index is 9.55. The van der Waals surface area contributed by atoms with E-state index in [1.54, 1.807) is 4.68 Å². The first kappa shape index (κ1) is 13.5. The van der Waals surface area contributed by atoms with E-state index >= 15 is 0 Å². The standard InChI is InChI=1S/C17H17N3O/c1-12-7-9-14(10-8-12)17-15(11-21)18-19-20(17)16-6-4-3-5-13(16)2/h3-10,21H,11H2,1-2H3. The number of benzene rings is 2. The molecule has 3 aromatic rings. The minimum absolute atomic E-state index is 0.130. The van der Waals surface area contributed by atoms with Crippen molar-refractivity contribution in [2.24, 2.45) is 0 Å². The van der Waals surface area contributed by atoms with Crippen LogP contribution in [0, 0.1) is 13.8 Å². The molecule has 0 radical (unpaired) electrons. The SMILES string of the molecule is Cc1ccc(-c2c(CO)nnn2-c2ccccc2C)cc1. The van der Waals surface area contributed by atoms with E-state index in [2.05, 4.69) is 10.3 Å². The van der Waals surface area contributed by atoms with Crippen molar-refractivity contribution < 1.29 is 5.11 Å². The number of nitrogens with zero attached hydrogens (tertiary/aromatic N) is 3. The van der Waals surface area contributed by atoms with Gasteiger partial charge in [0.1, 0.15) is 11.4 Å². The summed E-state index contributed by atoms with van der Waals surface area (Å²) in [4.78, 5) is 0. The molecule has 0 atom stereocenters. The van der Waals surface area contributed by atoms with Crippen molar-refractivity contribution in [3.05, 3.63) is 65.4 Å². The van der Waals surface area contributed by atoms with Gasteiger partial charge in [0.25, 0.3) is 0 Å². The van der Waals surface area contributed by atoms with Crippen LogP contribution in [0.1, 0.15) is 16.8 Å². The number of hydrogen-bond acceptors (Lipinski definition) is 3. The fourth-order valence-electron chi connectivity index (χ4n) is 2.39. The first-order valence-electron chi connectivity index (χ1n) is 6.89. The first-order valence-corrected chi connectivity index (χ1v) is 6.89. The second-order valence-corrected chi connectivity index (χ2v) is 5.11. The van der Waals surface area contributed by atoms with Crippen LogP contribution >= 0.6 is 0 Å². The van der Waals surface area contributed by atoms with Gasteiger partial charge < -0.3 is 5.11 Å². The van der Waals surface area contributed by atoms with Crippen LogP contribution in [0.5, 0.6) is 0 Å². The lowest BCUT2D eigenvalue weighted by molar-refractivity contribution is 0.277. The minimum Gasteiger partial charge on any atom is -0.390 e. The minimum atomic E-state index is -0.130. The van der Waals surface area contributed by atoms with Crippen LogP contribution in [-0.4, -0.2) is 20.1 Å². The number of para-hydroxylation sites is 1. The molecule has 1 N–H and O–H groups in total. The van der Waals surface area contributed by atoms with Crippen LogP contribution in [0.4, 0.5) is 0 Å². The van der Waals surface area contributed by atoms with Gasteiger partial charge in [-0.05, 0) is 25.5 Å². The van der Waals surface area contributed by atoms with Gasteiger partial charge >= 0.3 is 0 Å². The van der Waals surface area contributed by atoms with E-state index in [-0.39, 0.29) is 6.61 Å². The highest BCUT2D eigenvalue weighted by Crippen LogP contribution is 2.26. The molecule has 4 nitrogen and oxygen atoms in total. The van der Waals surface area contributed by atoms with E-state index < -0.39 is 0 Å². The highest BCUT2D eigenvalue weighted by molar-refractivity contribution is 5.65. The highest BCUT2D eigenvalue weighted by Gasteiger charge is 2.16. The zero-order chi connectivity index (χ0) is 14.8. The highest BCUT2D eigenvalue weighted by atomic mass is 16.3. The molecule has 106 valence electrons. The zero-order valence-corrected chi connectivity index (χ0v) is 12.1. The van der Waals surface area contributed by atoms with Crippen LogP contribution in [0.15, 0.2) is 48.5 Å². The molecular weight excluding hydrogens is 262 g/mol. The summed E-state index contributed by atoms with van der Waals surface area (Å²) in [5, 5.41) is 17.9. The molecule has 1 aromatic heterocycles. The van der Waals surface area contributed by atoms with Crippen LogP contribution in [-0.2, 0) is 6.61 Å². The predicted molar refractivity (Wildman–Crippen MR) is 82.2 cm³/mol. The second-order valence-electron chi connectivity index (χ2n) is 5.11. The fourth-order valence-corrected chi connectivity index (χ4v) is 2.39. The topological polar surface area (TPSA) is 50.9 Å². The third-order valence-corrected chi connectivity index (χ3v) is 3.56. The summed E-state index contributed by atoms with van der Waals surface area (Å²) in [6.45, 7) is 3.96. The Labute approximate surface area is 123 Å². The van der Waals surface area contributed by atoms with E-state index in [1.807, 2.05) is 62.4 Å². The lowest BCUT2D eigenvalue weighted by Crippen LogP contribution is -2.02. The molecule has 0 aliphatic rings. The van der Waals surface area contributed by atoms with E-state index in [4.69, 9.17) is 0 Å². The Morgan fingerprint density at radius 1 is 1.00 bits per heavy atom. The molecule has 4 heteroatoms. The van der Waals surface area contributed by atoms with Crippen molar-refractivity contribution in [3.63, 3.8) is 0 Å². The molecule has 0 aliphatic heterocycles. The average Bonchev–Trinajstić information content (AvgIpc) is 2.92. The molecule has 0 bridgehead atoms. The van der Waals surface area contributed by atoms with Gasteiger partial charge in [0.15, 0.2) is 0 Å². The van der Waals surface area contributed by atoms with Crippen LogP contribution in [0.3, 0.4) is 0 Å². The van der Waals surface area contributed by atoms with Gasteiger partial charge in [-0.25, -0.2) is 4.68 Å². The summed E-state index contributed by atoms with van der Waals surface area (Å²) in [6, 6.07) is 16.2. The Morgan fingerprint density at radius 3 is 2.38 bits per heavy atom. The zero-order valence-electron chi connectivity index (χ0n) is 12.1. The molecule has 3 rings (SSSR count). The molecule has 0 saturated heterocycles. The average molecular weight is 279 g/mol. The molecule has 0 aliphatic carbocycles. The molecule has 2 aromatic carbocycles. The van der Waals surface area contributed by atoms with E-state index in [1.165, 1.54) is 5.56 Å². The van der Waals surface area contributed by atoms with E-state index in [0.717, 1.165) is 22.5 Å². The third-order valence-electron chi connectivity index (χ3n) is 3.56. The Balaban J connectivity index is 2.22. The Hall–Kier alpha value is -2.46. The molecule has 0 saturated carbocycles. The lowest BCUT2D eigenvalue weighted by Gasteiger charge is -2.10. The van der Waals surface area contributed by atoms with Gasteiger partial charge in [0, 0.05) is 5.56 Å². The van der Waals surface area contributed by atoms with E-state index in [9.17, 15) is 5.11 Å². The predicted octanol–water partition coefficient (Wildman–Crippen LogP) is 3.04. The fraction of sp³-hybridized carbons (Fsp3) is 0.176. The molecule has 1 heterocycles. The smallest absolute Gasteiger partial charge is 0.117 e. The maximum Gasteiger partial charge on any atom is 0.117 e. The van der Waals surface area contributed by atoms with Crippen molar-refractivity contribution in [3.8, 4) is 16.9 Å². The van der Waals surface area contributed by atoms with Crippen molar-refractivity contribution in [2.45, 2.75) is 20.5 Å². The van der Waals surface area contributed by atoms with Crippen LogP contribution in [0.2, 0.25) is 0 Å². The summed E-state index contributed by atoms with van der Waals surface area (Å²) in [6.07, 6.45) is 0. The summed E-state index contributed by atoms with van der Waals surface area (Å²) >= 11 is 0. The summed E-state index contributed by atoms with van der Waals surface area (Å²) in [5.41, 5.74) is 5.70. The largest absolute Gasteiger partial charge is 0.390 e.